The molecule has 2 N–H and O–H groups in total. The monoisotopic (exact) mass is 303 g/mol. The second kappa shape index (κ2) is 6.03. The van der Waals surface area contributed by atoms with Crippen LogP contribution < -0.4 is 5.32 Å². The molecule has 0 aliphatic carbocycles. The number of furan rings is 1. The van der Waals surface area contributed by atoms with E-state index < -0.39 is 17.6 Å². The van der Waals surface area contributed by atoms with Gasteiger partial charge in [0.25, 0.3) is 5.91 Å². The molecular weight excluding hydrogens is 286 g/mol. The van der Waals surface area contributed by atoms with Crippen molar-refractivity contribution in [2.45, 2.75) is 39.3 Å². The highest BCUT2D eigenvalue weighted by atomic mass is 16.4. The Morgan fingerprint density at radius 2 is 2.09 bits per heavy atom. The zero-order chi connectivity index (χ0) is 16.3. The van der Waals surface area contributed by atoms with Gasteiger partial charge in [-0.15, -0.1) is 10.2 Å². The lowest BCUT2D eigenvalue weighted by molar-refractivity contribution is 0.0905. The highest BCUT2D eigenvalue weighted by molar-refractivity contribution is 5.91. The third-order valence-corrected chi connectivity index (χ3v) is 2.58. The van der Waals surface area contributed by atoms with Crippen LogP contribution in [0.4, 0.5) is 0 Å². The van der Waals surface area contributed by atoms with E-state index >= 15 is 0 Å². The summed E-state index contributed by atoms with van der Waals surface area (Å²) in [6.45, 7) is 6.52. The number of amides is 1. The van der Waals surface area contributed by atoms with Gasteiger partial charge in [-0.1, -0.05) is 5.92 Å². The molecule has 0 aliphatic rings. The Balaban J connectivity index is 2.04. The first-order chi connectivity index (χ1) is 10.2. The standard InChI is InChI=1S/C15H17N3O4/c1-9(14-18-17-10(2)21-14)16-13(19)12-6-5-11(22-12)7-8-15(3,4)20/h5-6,9,20H,1-4H3,(H,16,19)/t9-/m1/s1. The van der Waals surface area contributed by atoms with Gasteiger partial charge >= 0.3 is 0 Å². The summed E-state index contributed by atoms with van der Waals surface area (Å²) >= 11 is 0. The van der Waals surface area contributed by atoms with Gasteiger partial charge in [-0.3, -0.25) is 4.79 Å². The maximum Gasteiger partial charge on any atom is 0.287 e. The molecule has 7 nitrogen and oxygen atoms in total. The van der Waals surface area contributed by atoms with Crippen LogP contribution in [0.3, 0.4) is 0 Å². The molecular formula is C15H17N3O4. The third-order valence-electron chi connectivity index (χ3n) is 2.58. The molecule has 0 spiro atoms. The minimum atomic E-state index is -1.13. The van der Waals surface area contributed by atoms with Crippen molar-refractivity contribution in [3.05, 3.63) is 35.4 Å². The van der Waals surface area contributed by atoms with Gasteiger partial charge in [-0.25, -0.2) is 0 Å². The minimum absolute atomic E-state index is 0.114. The number of aliphatic hydroxyl groups is 1. The highest BCUT2D eigenvalue weighted by Gasteiger charge is 2.18. The van der Waals surface area contributed by atoms with Gasteiger partial charge in [0.05, 0.1) is 0 Å². The first-order valence-electron chi connectivity index (χ1n) is 6.71. The number of nitrogens with one attached hydrogen (secondary N) is 1. The molecule has 0 fully saturated rings. The molecule has 1 atom stereocenters. The number of rotatable bonds is 3. The van der Waals surface area contributed by atoms with Crippen LogP contribution in [0, 0.1) is 18.8 Å². The summed E-state index contributed by atoms with van der Waals surface area (Å²) in [6, 6.07) is 2.63. The Kier molecular flexibility index (Phi) is 4.33. The zero-order valence-corrected chi connectivity index (χ0v) is 12.8. The maximum atomic E-state index is 12.1. The molecule has 0 saturated carbocycles. The lowest BCUT2D eigenvalue weighted by Crippen LogP contribution is -2.26. The first-order valence-corrected chi connectivity index (χ1v) is 6.71. The lowest BCUT2D eigenvalue weighted by Gasteiger charge is -2.07. The van der Waals surface area contributed by atoms with Crippen LogP contribution in [0.25, 0.3) is 0 Å². The second-order valence-electron chi connectivity index (χ2n) is 5.33. The maximum absolute atomic E-state index is 12.1. The third kappa shape index (κ3) is 4.20. The van der Waals surface area contributed by atoms with Gasteiger partial charge in [0, 0.05) is 6.92 Å². The average Bonchev–Trinajstić information content (AvgIpc) is 3.04. The fourth-order valence-electron chi connectivity index (χ4n) is 1.56. The Morgan fingerprint density at radius 3 is 2.68 bits per heavy atom. The molecule has 2 aromatic heterocycles. The van der Waals surface area contributed by atoms with Crippen LogP contribution in [-0.4, -0.2) is 26.8 Å². The summed E-state index contributed by atoms with van der Waals surface area (Å²) in [7, 11) is 0. The van der Waals surface area contributed by atoms with Crippen LogP contribution >= 0.6 is 0 Å². The highest BCUT2D eigenvalue weighted by Crippen LogP contribution is 2.13. The van der Waals surface area contributed by atoms with Crippen molar-refractivity contribution in [2.75, 3.05) is 0 Å². The Labute approximate surface area is 127 Å². The number of aromatic nitrogens is 2. The molecule has 2 rings (SSSR count). The number of aryl methyl sites for hydroxylation is 1. The van der Waals surface area contributed by atoms with Crippen molar-refractivity contribution in [1.29, 1.82) is 0 Å². The molecule has 2 heterocycles. The van der Waals surface area contributed by atoms with Crippen molar-refractivity contribution in [1.82, 2.24) is 15.5 Å². The van der Waals surface area contributed by atoms with Crippen molar-refractivity contribution in [3.63, 3.8) is 0 Å². The van der Waals surface area contributed by atoms with Crippen molar-refractivity contribution < 1.29 is 18.7 Å². The summed E-state index contributed by atoms with van der Waals surface area (Å²) in [5.74, 6) is 6.01. The Hall–Kier alpha value is -2.59. The molecule has 0 aromatic carbocycles. The number of nitrogens with zero attached hydrogens (tertiary/aromatic N) is 2. The summed E-state index contributed by atoms with van der Waals surface area (Å²) in [6.07, 6.45) is 0. The van der Waals surface area contributed by atoms with Crippen LogP contribution in [0.5, 0.6) is 0 Å². The van der Waals surface area contributed by atoms with Crippen molar-refractivity contribution in [2.24, 2.45) is 0 Å². The molecule has 0 unspecified atom stereocenters. The lowest BCUT2D eigenvalue weighted by atomic mass is 10.1. The number of carbonyl (C=O) groups is 1. The molecule has 0 radical (unpaired) electrons. The number of carbonyl (C=O) groups excluding carboxylic acids is 1. The zero-order valence-electron chi connectivity index (χ0n) is 12.8. The van der Waals surface area contributed by atoms with E-state index in [9.17, 15) is 9.90 Å². The SMILES string of the molecule is Cc1nnc([C@@H](C)NC(=O)c2ccc(C#CC(C)(C)O)o2)o1. The van der Waals surface area contributed by atoms with Gasteiger partial charge in [-0.2, -0.15) is 0 Å². The normalized spacial score (nSPS) is 12.4. The summed E-state index contributed by atoms with van der Waals surface area (Å²) in [5.41, 5.74) is -1.13. The van der Waals surface area contributed by atoms with Gasteiger partial charge < -0.3 is 19.3 Å². The Morgan fingerprint density at radius 1 is 1.36 bits per heavy atom. The van der Waals surface area contributed by atoms with Crippen LogP contribution in [-0.2, 0) is 0 Å². The fourth-order valence-corrected chi connectivity index (χ4v) is 1.56. The quantitative estimate of drug-likeness (QED) is 0.835. The fraction of sp³-hybridized carbons (Fsp3) is 0.400. The molecule has 2 aromatic rings. The molecule has 22 heavy (non-hydrogen) atoms. The van der Waals surface area contributed by atoms with E-state index in [4.69, 9.17) is 8.83 Å². The molecule has 0 aliphatic heterocycles. The minimum Gasteiger partial charge on any atom is -0.443 e. The topological polar surface area (TPSA) is 101 Å². The first kappa shape index (κ1) is 15.8. The summed E-state index contributed by atoms with van der Waals surface area (Å²) < 4.78 is 10.6. The van der Waals surface area contributed by atoms with Crippen LogP contribution in [0.1, 0.15) is 54.9 Å². The van der Waals surface area contributed by atoms with E-state index in [1.165, 1.54) is 6.07 Å². The van der Waals surface area contributed by atoms with Crippen LogP contribution in [0.15, 0.2) is 21.0 Å². The molecule has 1 amide bonds. The van der Waals surface area contributed by atoms with E-state index in [0.29, 0.717) is 17.5 Å². The number of hydrogen-bond donors (Lipinski definition) is 2. The predicted molar refractivity (Wildman–Crippen MR) is 76.8 cm³/mol. The average molecular weight is 303 g/mol. The number of hydrogen-bond acceptors (Lipinski definition) is 6. The largest absolute Gasteiger partial charge is 0.443 e. The van der Waals surface area contributed by atoms with E-state index in [0.717, 1.165) is 0 Å². The van der Waals surface area contributed by atoms with Gasteiger partial charge in [0.15, 0.2) is 11.5 Å². The van der Waals surface area contributed by atoms with Crippen molar-refractivity contribution >= 4 is 5.91 Å². The van der Waals surface area contributed by atoms with E-state index in [2.05, 4.69) is 27.4 Å². The Bertz CT molecular complexity index is 728. The molecule has 0 bridgehead atoms. The van der Waals surface area contributed by atoms with Crippen molar-refractivity contribution in [3.8, 4) is 11.8 Å². The second-order valence-corrected chi connectivity index (χ2v) is 5.33. The van der Waals surface area contributed by atoms with Gasteiger partial charge in [0.2, 0.25) is 11.8 Å². The molecule has 0 saturated heterocycles. The van der Waals surface area contributed by atoms with Crippen LogP contribution in [0.2, 0.25) is 0 Å². The molecule has 116 valence electrons. The smallest absolute Gasteiger partial charge is 0.287 e. The molecule has 7 heteroatoms. The van der Waals surface area contributed by atoms with E-state index in [1.54, 1.807) is 33.8 Å². The van der Waals surface area contributed by atoms with E-state index in [1.807, 2.05) is 0 Å². The van der Waals surface area contributed by atoms with Gasteiger partial charge in [-0.05, 0) is 38.8 Å². The predicted octanol–water partition coefficient (Wildman–Crippen LogP) is 1.58. The summed E-state index contributed by atoms with van der Waals surface area (Å²) in [4.78, 5) is 12.1. The van der Waals surface area contributed by atoms with E-state index in [-0.39, 0.29) is 5.76 Å². The summed E-state index contributed by atoms with van der Waals surface area (Å²) in [5, 5.41) is 19.8. The van der Waals surface area contributed by atoms with Gasteiger partial charge in [0.1, 0.15) is 11.6 Å².